The molecule has 0 aliphatic rings. The molecule has 1 aromatic carbocycles. The Hall–Kier alpha value is -2.05. The maximum Gasteiger partial charge on any atom is 0.354 e. The molecule has 0 aliphatic heterocycles. The molecule has 6 heteroatoms. The van der Waals surface area contributed by atoms with Crippen molar-refractivity contribution in [3.8, 4) is 11.8 Å². The van der Waals surface area contributed by atoms with Gasteiger partial charge in [-0.05, 0) is 18.6 Å². The molecule has 0 amide bonds. The van der Waals surface area contributed by atoms with Crippen LogP contribution in [-0.2, 0) is 4.57 Å². The Balaban J connectivity index is 3.09. The highest BCUT2D eigenvalue weighted by Gasteiger charge is 2.14. The maximum absolute atomic E-state index is 11.5. The summed E-state index contributed by atoms with van der Waals surface area (Å²) >= 11 is 0. The van der Waals surface area contributed by atoms with Gasteiger partial charge in [0.25, 0.3) is 0 Å². The van der Waals surface area contributed by atoms with Crippen molar-refractivity contribution >= 4 is 24.7 Å². The van der Waals surface area contributed by atoms with Crippen LogP contribution in [0.2, 0.25) is 0 Å². The molecular formula is C11H8NO4P. The molecule has 2 aromatic rings. The zero-order chi connectivity index (χ0) is 12.6. The molecule has 1 heterocycles. The van der Waals surface area contributed by atoms with Gasteiger partial charge in [-0.3, -0.25) is 0 Å². The van der Waals surface area contributed by atoms with Gasteiger partial charge in [0.2, 0.25) is 0 Å². The Bertz CT molecular complexity index is 727. The molecule has 86 valence electrons. The molecule has 0 bridgehead atoms. The minimum Gasteiger partial charge on any atom is -0.508 e. The first kappa shape index (κ1) is 11.4. The topological polar surface area (TPSA) is 91.3 Å². The van der Waals surface area contributed by atoms with E-state index in [0.717, 1.165) is 0 Å². The van der Waals surface area contributed by atoms with Crippen molar-refractivity contribution in [2.45, 2.75) is 6.92 Å². The summed E-state index contributed by atoms with van der Waals surface area (Å²) in [6.07, 6.45) is 0. The minimum atomic E-state index is -1.30. The number of aromatic hydroxyl groups is 1. The van der Waals surface area contributed by atoms with Crippen LogP contribution < -0.4 is 10.9 Å². The highest BCUT2D eigenvalue weighted by Crippen LogP contribution is 2.24. The number of rotatable bonds is 1. The summed E-state index contributed by atoms with van der Waals surface area (Å²) in [5, 5.41) is 19.1. The fourth-order valence-corrected chi connectivity index (χ4v) is 2.47. The number of nitrogens with zero attached hydrogens (tertiary/aromatic N) is 1. The number of phenols is 1. The van der Waals surface area contributed by atoms with Gasteiger partial charge in [0, 0.05) is 16.8 Å². The third-order valence-corrected chi connectivity index (χ3v) is 3.22. The normalized spacial score (nSPS) is 11.1. The maximum atomic E-state index is 11.5. The Morgan fingerprint density at radius 3 is 2.76 bits per heavy atom. The molecule has 17 heavy (non-hydrogen) atoms. The lowest BCUT2D eigenvalue weighted by atomic mass is 10.1. The van der Waals surface area contributed by atoms with Gasteiger partial charge in [0.05, 0.1) is 8.46 Å². The van der Waals surface area contributed by atoms with E-state index in [-0.39, 0.29) is 16.9 Å². The van der Waals surface area contributed by atoms with Crippen molar-refractivity contribution in [2.24, 2.45) is 0 Å². The van der Waals surface area contributed by atoms with Crippen molar-refractivity contribution in [2.75, 3.05) is 0 Å². The van der Waals surface area contributed by atoms with Crippen molar-refractivity contribution in [1.29, 1.82) is 5.26 Å². The number of aryl methyl sites for hydroxylation is 1. The van der Waals surface area contributed by atoms with Crippen molar-refractivity contribution in [3.63, 3.8) is 0 Å². The molecule has 1 unspecified atom stereocenters. The van der Waals surface area contributed by atoms with Gasteiger partial charge in [-0.15, -0.1) is 0 Å². The Kier molecular flexibility index (Phi) is 2.74. The molecule has 0 spiro atoms. The van der Waals surface area contributed by atoms with E-state index in [2.05, 4.69) is 0 Å². The van der Waals surface area contributed by atoms with Gasteiger partial charge in [0.15, 0.2) is 0 Å². The zero-order valence-corrected chi connectivity index (χ0v) is 10.0. The first-order valence-electron chi connectivity index (χ1n) is 4.74. The highest BCUT2D eigenvalue weighted by atomic mass is 31.1. The van der Waals surface area contributed by atoms with Crippen LogP contribution in [0.5, 0.6) is 5.75 Å². The third kappa shape index (κ3) is 1.73. The molecule has 1 atom stereocenters. The summed E-state index contributed by atoms with van der Waals surface area (Å²) in [6, 6.07) is 4.37. The van der Waals surface area contributed by atoms with Crippen LogP contribution in [0, 0.1) is 18.3 Å². The summed E-state index contributed by atoms with van der Waals surface area (Å²) in [7, 11) is -1.30. The van der Waals surface area contributed by atoms with Crippen LogP contribution in [0.1, 0.15) is 11.1 Å². The monoisotopic (exact) mass is 249 g/mol. The second-order valence-electron chi connectivity index (χ2n) is 3.53. The van der Waals surface area contributed by atoms with E-state index in [1.165, 1.54) is 12.1 Å². The summed E-state index contributed by atoms with van der Waals surface area (Å²) in [4.78, 5) is 11.5. The summed E-state index contributed by atoms with van der Waals surface area (Å²) in [5.74, 6) is -0.122. The lowest BCUT2D eigenvalue weighted by Gasteiger charge is -2.05. The average Bonchev–Trinajstić information content (AvgIpc) is 2.27. The highest BCUT2D eigenvalue weighted by molar-refractivity contribution is 7.34. The molecule has 2 rings (SSSR count). The zero-order valence-electron chi connectivity index (χ0n) is 8.85. The molecule has 0 aliphatic carbocycles. The second kappa shape index (κ2) is 4.08. The largest absolute Gasteiger partial charge is 0.508 e. The fraction of sp³-hybridized carbons (Fsp3) is 0.0909. The summed E-state index contributed by atoms with van der Waals surface area (Å²) in [5.41, 5.74) is -0.283. The van der Waals surface area contributed by atoms with E-state index >= 15 is 0 Å². The Morgan fingerprint density at radius 1 is 1.47 bits per heavy atom. The standard InChI is InChI=1S/C11H8NO4P/c1-5-7(4-12)11(14)16-8-2-6(13)3-9(17-15)10(5)8/h2-3,13H,17H2,1H3. The third-order valence-electron chi connectivity index (χ3n) is 2.51. The molecule has 1 aromatic heterocycles. The molecular weight excluding hydrogens is 241 g/mol. The molecule has 0 radical (unpaired) electrons. The lowest BCUT2D eigenvalue weighted by molar-refractivity contribution is 0.473. The number of benzene rings is 1. The van der Waals surface area contributed by atoms with Crippen molar-refractivity contribution < 1.29 is 14.1 Å². The Morgan fingerprint density at radius 2 is 2.18 bits per heavy atom. The smallest absolute Gasteiger partial charge is 0.354 e. The van der Waals surface area contributed by atoms with Gasteiger partial charge >= 0.3 is 5.63 Å². The van der Waals surface area contributed by atoms with Crippen LogP contribution in [0.15, 0.2) is 21.3 Å². The summed E-state index contributed by atoms with van der Waals surface area (Å²) in [6.45, 7) is 1.59. The SMILES string of the molecule is Cc1c(C#N)c(=O)oc2cc(O)cc([PH2]=O)c12. The van der Waals surface area contributed by atoms with E-state index in [1.54, 1.807) is 13.0 Å². The number of fused-ring (bicyclic) bond motifs is 1. The van der Waals surface area contributed by atoms with Gasteiger partial charge < -0.3 is 14.1 Å². The van der Waals surface area contributed by atoms with E-state index in [1.807, 2.05) is 0 Å². The van der Waals surface area contributed by atoms with Crippen LogP contribution in [0.3, 0.4) is 0 Å². The van der Waals surface area contributed by atoms with Gasteiger partial charge in [-0.2, -0.15) is 5.26 Å². The van der Waals surface area contributed by atoms with Crippen molar-refractivity contribution in [1.82, 2.24) is 0 Å². The predicted octanol–water partition coefficient (Wildman–Crippen LogP) is 1.06. The van der Waals surface area contributed by atoms with Crippen LogP contribution in [0.25, 0.3) is 11.0 Å². The van der Waals surface area contributed by atoms with Gasteiger partial charge in [-0.1, -0.05) is 0 Å². The molecule has 0 saturated heterocycles. The van der Waals surface area contributed by atoms with E-state index in [0.29, 0.717) is 16.3 Å². The average molecular weight is 249 g/mol. The van der Waals surface area contributed by atoms with E-state index < -0.39 is 14.1 Å². The first-order valence-corrected chi connectivity index (χ1v) is 5.79. The van der Waals surface area contributed by atoms with Crippen LogP contribution in [-0.4, -0.2) is 5.11 Å². The minimum absolute atomic E-state index is 0.0997. The lowest BCUT2D eigenvalue weighted by Crippen LogP contribution is -2.10. The van der Waals surface area contributed by atoms with E-state index in [4.69, 9.17) is 9.68 Å². The van der Waals surface area contributed by atoms with Crippen LogP contribution >= 0.6 is 8.46 Å². The van der Waals surface area contributed by atoms with Gasteiger partial charge in [-0.25, -0.2) is 4.79 Å². The first-order chi connectivity index (χ1) is 8.08. The van der Waals surface area contributed by atoms with Crippen molar-refractivity contribution in [3.05, 3.63) is 33.7 Å². The molecule has 0 saturated carbocycles. The second-order valence-corrected chi connectivity index (χ2v) is 4.39. The number of hydrogen-bond acceptors (Lipinski definition) is 5. The number of hydrogen-bond donors (Lipinski definition) is 1. The van der Waals surface area contributed by atoms with Crippen LogP contribution in [0.4, 0.5) is 0 Å². The van der Waals surface area contributed by atoms with E-state index in [9.17, 15) is 14.5 Å². The quantitative estimate of drug-likeness (QED) is 0.602. The van der Waals surface area contributed by atoms with Gasteiger partial charge in [0.1, 0.15) is 23.0 Å². The predicted molar refractivity (Wildman–Crippen MR) is 63.6 cm³/mol. The Labute approximate surface area is 97.1 Å². The molecule has 1 N–H and O–H groups in total. The number of nitriles is 1. The molecule has 0 fully saturated rings. The fourth-order valence-electron chi connectivity index (χ4n) is 1.76. The molecule has 5 nitrogen and oxygen atoms in total. The number of phenolic OH excluding ortho intramolecular Hbond substituents is 1. The summed E-state index contributed by atoms with van der Waals surface area (Å²) < 4.78 is 16.0.